The zero-order chi connectivity index (χ0) is 23.5. The molecule has 2 fully saturated rings. The number of nitrogens with two attached hydrogens (primary N) is 1. The molecule has 1 amide bonds. The van der Waals surface area contributed by atoms with E-state index in [0.717, 1.165) is 33.9 Å². The molecule has 34 heavy (non-hydrogen) atoms. The van der Waals surface area contributed by atoms with E-state index in [0.29, 0.717) is 26.1 Å². The minimum Gasteiger partial charge on any atom is -0.381 e. The number of carbonyl (C=O) groups excluding carboxylic acids is 1. The highest BCUT2D eigenvalue weighted by Crippen LogP contribution is 2.37. The number of hydrogen-bond acceptors (Lipinski definition) is 5. The highest BCUT2D eigenvalue weighted by Gasteiger charge is 2.40. The molecule has 0 radical (unpaired) electrons. The van der Waals surface area contributed by atoms with Gasteiger partial charge in [0.2, 0.25) is 5.91 Å². The third kappa shape index (κ3) is 4.44. The first-order chi connectivity index (χ1) is 16.6. The van der Waals surface area contributed by atoms with E-state index in [1.807, 2.05) is 42.5 Å². The van der Waals surface area contributed by atoms with Gasteiger partial charge in [-0.05, 0) is 67.6 Å². The minimum absolute atomic E-state index is 0.0757. The summed E-state index contributed by atoms with van der Waals surface area (Å²) in [5.41, 5.74) is 6.79. The Morgan fingerprint density at radius 1 is 1.03 bits per heavy atom. The second-order valence-electron chi connectivity index (χ2n) is 9.21. The van der Waals surface area contributed by atoms with Crippen LogP contribution in [-0.2, 0) is 14.9 Å². The van der Waals surface area contributed by atoms with Crippen molar-refractivity contribution in [1.29, 1.82) is 0 Å². The van der Waals surface area contributed by atoms with Gasteiger partial charge in [0.05, 0.1) is 11.1 Å². The first-order valence-corrected chi connectivity index (χ1v) is 12.8. The van der Waals surface area contributed by atoms with E-state index in [1.165, 1.54) is 23.9 Å². The number of primary amides is 1. The largest absolute Gasteiger partial charge is 0.381 e. The van der Waals surface area contributed by atoms with Crippen LogP contribution >= 0.6 is 11.8 Å². The van der Waals surface area contributed by atoms with Gasteiger partial charge in [0.25, 0.3) is 0 Å². The summed E-state index contributed by atoms with van der Waals surface area (Å²) in [6, 6.07) is 16.2. The summed E-state index contributed by atoms with van der Waals surface area (Å²) in [6.45, 7) is 1.08. The highest BCUT2D eigenvalue weighted by atomic mass is 32.2. The second kappa shape index (κ2) is 9.80. The summed E-state index contributed by atoms with van der Waals surface area (Å²) >= 11 is 1.62. The Balaban J connectivity index is 1.34. The summed E-state index contributed by atoms with van der Waals surface area (Å²) in [6.07, 6.45) is 8.57. The zero-order valence-electron chi connectivity index (χ0n) is 19.2. The number of carbonyl (C=O) groups is 1. The molecule has 0 bridgehead atoms. The number of amides is 1. The molecular formula is C26H30N4O3S. The topological polar surface area (TPSA) is 92.1 Å². The SMILES string of the molecule is NC(=O)C1(c2cccc(Sc3ccc(-n4ncn(C5CCCCC5)c4=O)cc3)c2)CCOCC1. The molecule has 2 N–H and O–H groups in total. The fourth-order valence-electron chi connectivity index (χ4n) is 5.15. The van der Waals surface area contributed by atoms with Crippen LogP contribution in [0.3, 0.4) is 0 Å². The molecule has 5 rings (SSSR count). The average Bonchev–Trinajstić information content (AvgIpc) is 3.26. The summed E-state index contributed by atoms with van der Waals surface area (Å²) in [5.74, 6) is -0.291. The van der Waals surface area contributed by atoms with Crippen molar-refractivity contribution >= 4 is 17.7 Å². The number of ether oxygens (including phenoxy) is 1. The molecule has 2 heterocycles. The average molecular weight is 479 g/mol. The van der Waals surface area contributed by atoms with Crippen LogP contribution in [0.2, 0.25) is 0 Å². The maximum absolute atomic E-state index is 12.9. The van der Waals surface area contributed by atoms with Crippen molar-refractivity contribution in [2.24, 2.45) is 5.73 Å². The molecule has 1 aliphatic carbocycles. The number of benzene rings is 2. The molecule has 8 heteroatoms. The first kappa shape index (κ1) is 22.9. The third-order valence-electron chi connectivity index (χ3n) is 7.18. The Morgan fingerprint density at radius 2 is 1.76 bits per heavy atom. The Hall–Kier alpha value is -2.84. The maximum Gasteiger partial charge on any atom is 0.350 e. The lowest BCUT2D eigenvalue weighted by Gasteiger charge is -2.34. The van der Waals surface area contributed by atoms with Gasteiger partial charge in [0.15, 0.2) is 0 Å². The van der Waals surface area contributed by atoms with Crippen LogP contribution in [0.4, 0.5) is 0 Å². The molecule has 0 atom stereocenters. The quantitative estimate of drug-likeness (QED) is 0.573. The summed E-state index contributed by atoms with van der Waals surface area (Å²) < 4.78 is 8.74. The van der Waals surface area contributed by atoms with Crippen LogP contribution in [0.25, 0.3) is 5.69 Å². The molecule has 0 spiro atoms. The van der Waals surface area contributed by atoms with Crippen LogP contribution in [-0.4, -0.2) is 33.5 Å². The summed E-state index contributed by atoms with van der Waals surface area (Å²) in [4.78, 5) is 27.4. The Kier molecular flexibility index (Phi) is 6.61. The molecule has 2 aromatic carbocycles. The molecule has 1 aromatic heterocycles. The number of aromatic nitrogens is 3. The van der Waals surface area contributed by atoms with Gasteiger partial charge in [-0.2, -0.15) is 9.78 Å². The molecule has 7 nitrogen and oxygen atoms in total. The number of nitrogens with zero attached hydrogens (tertiary/aromatic N) is 3. The molecule has 178 valence electrons. The summed E-state index contributed by atoms with van der Waals surface area (Å²) in [7, 11) is 0. The van der Waals surface area contributed by atoms with Crippen molar-refractivity contribution in [3.8, 4) is 5.69 Å². The molecular weight excluding hydrogens is 448 g/mol. The van der Waals surface area contributed by atoms with Crippen molar-refractivity contribution in [1.82, 2.24) is 14.3 Å². The third-order valence-corrected chi connectivity index (χ3v) is 8.18. The maximum atomic E-state index is 12.9. The van der Waals surface area contributed by atoms with Crippen molar-refractivity contribution in [3.63, 3.8) is 0 Å². The van der Waals surface area contributed by atoms with E-state index in [-0.39, 0.29) is 17.6 Å². The van der Waals surface area contributed by atoms with E-state index in [1.54, 1.807) is 22.7 Å². The predicted molar refractivity (Wildman–Crippen MR) is 131 cm³/mol. The fourth-order valence-corrected chi connectivity index (χ4v) is 6.02. The van der Waals surface area contributed by atoms with Crippen molar-refractivity contribution in [2.45, 2.75) is 66.2 Å². The number of rotatable bonds is 6. The van der Waals surface area contributed by atoms with E-state index in [4.69, 9.17) is 10.5 Å². The minimum atomic E-state index is -0.670. The van der Waals surface area contributed by atoms with Gasteiger partial charge >= 0.3 is 5.69 Å². The van der Waals surface area contributed by atoms with Crippen LogP contribution < -0.4 is 11.4 Å². The van der Waals surface area contributed by atoms with Gasteiger partial charge in [-0.3, -0.25) is 9.36 Å². The normalized spacial score (nSPS) is 18.6. The van der Waals surface area contributed by atoms with E-state index in [2.05, 4.69) is 11.2 Å². The molecule has 3 aromatic rings. The van der Waals surface area contributed by atoms with Crippen molar-refractivity contribution in [2.75, 3.05) is 13.2 Å². The highest BCUT2D eigenvalue weighted by molar-refractivity contribution is 7.99. The van der Waals surface area contributed by atoms with Crippen LogP contribution in [0.15, 0.2) is 69.4 Å². The standard InChI is InChI=1S/C26H30N4O3S/c27-24(31)26(13-15-33-16-14-26)19-5-4-8-23(17-19)34-22-11-9-21(10-12-22)30-25(32)29(18-28-30)20-6-2-1-3-7-20/h4-5,8-12,17-18,20H,1-3,6-7,13-16H2,(H2,27,31). The van der Waals surface area contributed by atoms with Gasteiger partial charge in [0.1, 0.15) is 6.33 Å². The fraction of sp³-hybridized carbons (Fsp3) is 0.423. The van der Waals surface area contributed by atoms with Gasteiger partial charge < -0.3 is 10.5 Å². The Bertz CT molecular complexity index is 1210. The molecule has 1 saturated carbocycles. The second-order valence-corrected chi connectivity index (χ2v) is 10.4. The number of hydrogen-bond donors (Lipinski definition) is 1. The lowest BCUT2D eigenvalue weighted by molar-refractivity contribution is -0.127. The molecule has 0 unspecified atom stereocenters. The van der Waals surface area contributed by atoms with Crippen molar-refractivity contribution < 1.29 is 9.53 Å². The lowest BCUT2D eigenvalue weighted by Crippen LogP contribution is -2.45. The molecule has 1 aliphatic heterocycles. The van der Waals surface area contributed by atoms with Crippen LogP contribution in [0.5, 0.6) is 0 Å². The summed E-state index contributed by atoms with van der Waals surface area (Å²) in [5, 5.41) is 4.37. The monoisotopic (exact) mass is 478 g/mol. The smallest absolute Gasteiger partial charge is 0.350 e. The van der Waals surface area contributed by atoms with Gasteiger partial charge in [-0.25, -0.2) is 4.79 Å². The van der Waals surface area contributed by atoms with E-state index < -0.39 is 5.41 Å². The van der Waals surface area contributed by atoms with Gasteiger partial charge in [-0.1, -0.05) is 43.2 Å². The van der Waals surface area contributed by atoms with Gasteiger partial charge in [0, 0.05) is 29.0 Å². The van der Waals surface area contributed by atoms with E-state index in [9.17, 15) is 9.59 Å². The van der Waals surface area contributed by atoms with Crippen LogP contribution in [0, 0.1) is 0 Å². The molecule has 1 saturated heterocycles. The Morgan fingerprint density at radius 3 is 2.47 bits per heavy atom. The van der Waals surface area contributed by atoms with Crippen LogP contribution in [0.1, 0.15) is 56.6 Å². The van der Waals surface area contributed by atoms with Crippen molar-refractivity contribution in [3.05, 3.63) is 70.9 Å². The zero-order valence-corrected chi connectivity index (χ0v) is 20.0. The van der Waals surface area contributed by atoms with E-state index >= 15 is 0 Å². The lowest BCUT2D eigenvalue weighted by atomic mass is 9.73. The first-order valence-electron chi connectivity index (χ1n) is 12.0. The molecule has 2 aliphatic rings. The van der Waals surface area contributed by atoms with Gasteiger partial charge in [-0.15, -0.1) is 0 Å². The predicted octanol–water partition coefficient (Wildman–Crippen LogP) is 4.22. The Labute approximate surface area is 203 Å².